The molecule has 0 aliphatic carbocycles. The van der Waals surface area contributed by atoms with Gasteiger partial charge in [0.25, 0.3) is 0 Å². The second kappa shape index (κ2) is 7.92. The molecule has 1 saturated heterocycles. The Morgan fingerprint density at radius 3 is 2.52 bits per heavy atom. The number of hydrogen-bond acceptors (Lipinski definition) is 5. The van der Waals surface area contributed by atoms with Crippen molar-refractivity contribution in [1.29, 1.82) is 0 Å². The first-order chi connectivity index (χ1) is 11.8. The molecule has 7 nitrogen and oxygen atoms in total. The zero-order valence-electron chi connectivity index (χ0n) is 12.7. The van der Waals surface area contributed by atoms with Crippen LogP contribution in [-0.4, -0.2) is 45.3 Å². The second-order valence-corrected chi connectivity index (χ2v) is 5.02. The van der Waals surface area contributed by atoms with E-state index in [2.05, 4.69) is 15.6 Å². The molecule has 136 valence electrons. The summed E-state index contributed by atoms with van der Waals surface area (Å²) < 4.78 is 52.2. The van der Waals surface area contributed by atoms with Crippen LogP contribution in [0.4, 0.5) is 17.6 Å². The van der Waals surface area contributed by atoms with Crippen LogP contribution in [-0.2, 0) is 11.4 Å². The smallest absolute Gasteiger partial charge is 0.484 e. The summed E-state index contributed by atoms with van der Waals surface area (Å²) in [6.45, 7) is 2.05. The van der Waals surface area contributed by atoms with Crippen LogP contribution in [0, 0.1) is 5.82 Å². The third kappa shape index (κ3) is 5.41. The van der Waals surface area contributed by atoms with Crippen molar-refractivity contribution in [2.24, 2.45) is 0 Å². The van der Waals surface area contributed by atoms with Gasteiger partial charge in [0.2, 0.25) is 0 Å². The Labute approximate surface area is 139 Å². The van der Waals surface area contributed by atoms with Gasteiger partial charge in [-0.3, -0.25) is 0 Å². The van der Waals surface area contributed by atoms with Crippen molar-refractivity contribution in [2.75, 3.05) is 13.1 Å². The fraction of sp³-hybridized carbons (Fsp3) is 0.357. The number of aromatic nitrogens is 3. The third-order valence-electron chi connectivity index (χ3n) is 3.15. The van der Waals surface area contributed by atoms with Crippen molar-refractivity contribution in [1.82, 2.24) is 20.3 Å². The molecule has 0 unspecified atom stereocenters. The fourth-order valence-corrected chi connectivity index (χ4v) is 1.73. The van der Waals surface area contributed by atoms with Gasteiger partial charge in [-0.15, -0.1) is 5.10 Å². The molecule has 1 aliphatic rings. The quantitative estimate of drug-likeness (QED) is 0.806. The molecule has 11 heteroatoms. The average Bonchev–Trinajstić information content (AvgIpc) is 2.92. The van der Waals surface area contributed by atoms with Crippen LogP contribution in [0.5, 0.6) is 5.75 Å². The number of rotatable bonds is 4. The number of hydrogen-bond donors (Lipinski definition) is 2. The zero-order chi connectivity index (χ0) is 18.4. The summed E-state index contributed by atoms with van der Waals surface area (Å²) in [5.41, 5.74) is 0.699. The predicted octanol–water partition coefficient (Wildman–Crippen LogP) is 1.77. The zero-order valence-corrected chi connectivity index (χ0v) is 12.7. The van der Waals surface area contributed by atoms with Crippen LogP contribution in [0.1, 0.15) is 11.7 Å². The Balaban J connectivity index is 0.000000277. The minimum absolute atomic E-state index is 0.223. The largest absolute Gasteiger partial charge is 0.490 e. The van der Waals surface area contributed by atoms with E-state index in [9.17, 15) is 17.6 Å². The summed E-state index contributed by atoms with van der Waals surface area (Å²) in [5.74, 6) is -2.89. The molecule has 0 atom stereocenters. The number of nitrogens with one attached hydrogen (secondary N) is 1. The number of alkyl halides is 3. The predicted molar refractivity (Wildman–Crippen MR) is 76.4 cm³/mol. The average molecular weight is 362 g/mol. The molecule has 0 amide bonds. The summed E-state index contributed by atoms with van der Waals surface area (Å²) in [6, 6.07) is 6.69. The lowest BCUT2D eigenvalue weighted by molar-refractivity contribution is -0.192. The number of ether oxygens (including phenoxy) is 1. The van der Waals surface area contributed by atoms with Crippen LogP contribution < -0.4 is 10.1 Å². The van der Waals surface area contributed by atoms with E-state index in [0.29, 0.717) is 11.7 Å². The topological polar surface area (TPSA) is 89.3 Å². The van der Waals surface area contributed by atoms with Gasteiger partial charge >= 0.3 is 12.1 Å². The molecule has 2 aromatic rings. The highest BCUT2D eigenvalue weighted by Crippen LogP contribution is 2.17. The number of para-hydroxylation sites is 1. The minimum atomic E-state index is -5.08. The first-order valence-electron chi connectivity index (χ1n) is 7.06. The van der Waals surface area contributed by atoms with Crippen molar-refractivity contribution in [2.45, 2.75) is 18.8 Å². The number of carboxylic acids is 1. The summed E-state index contributed by atoms with van der Waals surface area (Å²) in [6.07, 6.45) is -3.24. The highest BCUT2D eigenvalue weighted by Gasteiger charge is 2.38. The third-order valence-corrected chi connectivity index (χ3v) is 3.15. The Kier molecular flexibility index (Phi) is 5.91. The van der Waals surface area contributed by atoms with Crippen molar-refractivity contribution in [3.63, 3.8) is 0 Å². The van der Waals surface area contributed by atoms with Gasteiger partial charge < -0.3 is 15.2 Å². The molecule has 0 saturated carbocycles. The minimum Gasteiger partial charge on any atom is -0.484 e. The first kappa shape index (κ1) is 18.6. The fourth-order valence-electron chi connectivity index (χ4n) is 1.73. The van der Waals surface area contributed by atoms with Gasteiger partial charge in [-0.05, 0) is 12.1 Å². The summed E-state index contributed by atoms with van der Waals surface area (Å²) in [5, 5.41) is 18.3. The molecule has 1 aliphatic heterocycles. The highest BCUT2D eigenvalue weighted by molar-refractivity contribution is 5.73. The summed E-state index contributed by atoms with van der Waals surface area (Å²) in [7, 11) is 0. The van der Waals surface area contributed by atoms with E-state index in [1.165, 1.54) is 6.07 Å². The second-order valence-electron chi connectivity index (χ2n) is 5.02. The van der Waals surface area contributed by atoms with Crippen LogP contribution >= 0.6 is 0 Å². The molecular weight excluding hydrogens is 348 g/mol. The van der Waals surface area contributed by atoms with Gasteiger partial charge in [-0.1, -0.05) is 17.3 Å². The van der Waals surface area contributed by atoms with Gasteiger partial charge in [0, 0.05) is 13.1 Å². The van der Waals surface area contributed by atoms with Crippen molar-refractivity contribution >= 4 is 5.97 Å². The maximum absolute atomic E-state index is 13.3. The highest BCUT2D eigenvalue weighted by atomic mass is 19.4. The molecule has 1 fully saturated rings. The molecule has 0 bridgehead atoms. The molecule has 2 N–H and O–H groups in total. The first-order valence-corrected chi connectivity index (χ1v) is 7.06. The molecule has 25 heavy (non-hydrogen) atoms. The Bertz CT molecular complexity index is 716. The Hall–Kier alpha value is -2.69. The number of halogens is 4. The summed E-state index contributed by atoms with van der Waals surface area (Å²) in [4.78, 5) is 8.90. The van der Waals surface area contributed by atoms with E-state index < -0.39 is 12.1 Å². The number of carbonyl (C=O) groups is 1. The van der Waals surface area contributed by atoms with E-state index in [1.807, 2.05) is 10.9 Å². The van der Waals surface area contributed by atoms with E-state index in [0.717, 1.165) is 13.1 Å². The van der Waals surface area contributed by atoms with Gasteiger partial charge in [0.05, 0.1) is 12.2 Å². The van der Waals surface area contributed by atoms with E-state index in [-0.39, 0.29) is 18.2 Å². The van der Waals surface area contributed by atoms with Crippen LogP contribution in [0.3, 0.4) is 0 Å². The Morgan fingerprint density at radius 2 is 2.00 bits per heavy atom. The molecule has 3 rings (SSSR count). The lowest BCUT2D eigenvalue weighted by Gasteiger charge is -2.26. The maximum atomic E-state index is 13.3. The maximum Gasteiger partial charge on any atom is 0.490 e. The number of aliphatic carboxylic acids is 1. The van der Waals surface area contributed by atoms with Crippen LogP contribution in [0.15, 0.2) is 30.5 Å². The monoisotopic (exact) mass is 362 g/mol. The number of benzene rings is 1. The number of carboxylic acid groups (broad SMARTS) is 1. The molecule has 1 aromatic carbocycles. The van der Waals surface area contributed by atoms with E-state index in [4.69, 9.17) is 14.6 Å². The molecular formula is C14H14F4N4O3. The summed E-state index contributed by atoms with van der Waals surface area (Å²) >= 11 is 0. The SMILES string of the molecule is Fc1ccccc1OCc1cn(C2CNC2)nn1.O=C(O)C(F)(F)F. The van der Waals surface area contributed by atoms with Gasteiger partial charge in [-0.25, -0.2) is 13.9 Å². The Morgan fingerprint density at radius 1 is 1.36 bits per heavy atom. The standard InChI is InChI=1S/C12H13FN4O.C2HF3O2/c13-11-3-1-2-4-12(11)18-8-9-7-17(16-15-9)10-5-14-6-10;3-2(4,5)1(6)7/h1-4,7,10,14H,5-6,8H2;(H,6,7). The van der Waals surface area contributed by atoms with Gasteiger partial charge in [0.1, 0.15) is 12.3 Å². The van der Waals surface area contributed by atoms with Gasteiger partial charge in [0.15, 0.2) is 11.6 Å². The number of nitrogens with zero attached hydrogens (tertiary/aromatic N) is 3. The van der Waals surface area contributed by atoms with Crippen molar-refractivity contribution in [3.05, 3.63) is 42.0 Å². The van der Waals surface area contributed by atoms with E-state index in [1.54, 1.807) is 18.2 Å². The van der Waals surface area contributed by atoms with Crippen LogP contribution in [0.2, 0.25) is 0 Å². The van der Waals surface area contributed by atoms with Crippen molar-refractivity contribution in [3.8, 4) is 5.75 Å². The van der Waals surface area contributed by atoms with Crippen LogP contribution in [0.25, 0.3) is 0 Å². The molecule has 0 radical (unpaired) electrons. The normalized spacial score (nSPS) is 14.2. The van der Waals surface area contributed by atoms with Crippen molar-refractivity contribution < 1.29 is 32.2 Å². The van der Waals surface area contributed by atoms with E-state index >= 15 is 0 Å². The molecule has 0 spiro atoms. The lowest BCUT2D eigenvalue weighted by atomic mass is 10.2. The van der Waals surface area contributed by atoms with Gasteiger partial charge in [-0.2, -0.15) is 13.2 Å². The lowest BCUT2D eigenvalue weighted by Crippen LogP contribution is -2.43. The molecule has 1 aromatic heterocycles. The molecule has 2 heterocycles.